The lowest BCUT2D eigenvalue weighted by Gasteiger charge is -2.13. The van der Waals surface area contributed by atoms with Gasteiger partial charge in [0.15, 0.2) is 11.5 Å². The standard InChI is InChI=1S/C21H30N2O3/c1-16-5-4-6-19(11-16)15-26-20-8-7-18(12-21(20)25-3)14-23-10-9-22-13-17(2)24/h4-8,11-12,17,22-24H,9-10,13-15H2,1-3H3. The second-order valence-corrected chi connectivity index (χ2v) is 6.49. The fourth-order valence-corrected chi connectivity index (χ4v) is 2.62. The second kappa shape index (κ2) is 10.8. The van der Waals surface area contributed by atoms with Gasteiger partial charge in [0, 0.05) is 26.2 Å². The van der Waals surface area contributed by atoms with Crippen molar-refractivity contribution < 1.29 is 14.6 Å². The maximum Gasteiger partial charge on any atom is 0.161 e. The van der Waals surface area contributed by atoms with Crippen LogP contribution in [0.1, 0.15) is 23.6 Å². The first-order chi connectivity index (χ1) is 12.6. The van der Waals surface area contributed by atoms with Crippen LogP contribution in [0.5, 0.6) is 11.5 Å². The zero-order chi connectivity index (χ0) is 18.8. The number of aliphatic hydroxyl groups excluding tert-OH is 1. The molecular formula is C21H30N2O3. The minimum Gasteiger partial charge on any atom is -0.493 e. The van der Waals surface area contributed by atoms with Gasteiger partial charge < -0.3 is 25.2 Å². The Morgan fingerprint density at radius 1 is 1.00 bits per heavy atom. The molecule has 0 aromatic heterocycles. The van der Waals surface area contributed by atoms with Crippen molar-refractivity contribution >= 4 is 0 Å². The van der Waals surface area contributed by atoms with Crippen molar-refractivity contribution in [2.75, 3.05) is 26.7 Å². The van der Waals surface area contributed by atoms with E-state index in [1.54, 1.807) is 14.0 Å². The molecule has 0 radical (unpaired) electrons. The number of rotatable bonds is 11. The summed E-state index contributed by atoms with van der Waals surface area (Å²) in [6.07, 6.45) is -0.313. The number of hydrogen-bond acceptors (Lipinski definition) is 5. The average Bonchev–Trinajstić information content (AvgIpc) is 2.63. The van der Waals surface area contributed by atoms with Crippen molar-refractivity contribution in [1.29, 1.82) is 0 Å². The van der Waals surface area contributed by atoms with Gasteiger partial charge in [-0.3, -0.25) is 0 Å². The minimum absolute atomic E-state index is 0.313. The molecule has 3 N–H and O–H groups in total. The number of hydrogen-bond donors (Lipinski definition) is 3. The predicted octanol–water partition coefficient (Wildman–Crippen LogP) is 2.64. The van der Waals surface area contributed by atoms with Gasteiger partial charge in [0.05, 0.1) is 13.2 Å². The van der Waals surface area contributed by atoms with Crippen LogP contribution in [-0.4, -0.2) is 38.0 Å². The molecule has 2 rings (SSSR count). The monoisotopic (exact) mass is 358 g/mol. The molecule has 2 aromatic carbocycles. The summed E-state index contributed by atoms with van der Waals surface area (Å²) in [5.74, 6) is 1.49. The van der Waals surface area contributed by atoms with E-state index in [4.69, 9.17) is 9.47 Å². The Morgan fingerprint density at radius 2 is 1.81 bits per heavy atom. The Bertz CT molecular complexity index is 674. The van der Waals surface area contributed by atoms with Crippen molar-refractivity contribution in [2.45, 2.75) is 33.1 Å². The molecule has 142 valence electrons. The van der Waals surface area contributed by atoms with Gasteiger partial charge >= 0.3 is 0 Å². The molecule has 0 bridgehead atoms. The molecule has 0 aliphatic rings. The van der Waals surface area contributed by atoms with Crippen LogP contribution in [-0.2, 0) is 13.2 Å². The van der Waals surface area contributed by atoms with E-state index in [2.05, 4.69) is 35.8 Å². The Labute approximate surface area is 156 Å². The van der Waals surface area contributed by atoms with Gasteiger partial charge in [-0.25, -0.2) is 0 Å². The molecule has 0 saturated carbocycles. The van der Waals surface area contributed by atoms with Crippen LogP contribution in [0.3, 0.4) is 0 Å². The maximum atomic E-state index is 9.19. The molecule has 1 unspecified atom stereocenters. The fourth-order valence-electron chi connectivity index (χ4n) is 2.62. The highest BCUT2D eigenvalue weighted by atomic mass is 16.5. The lowest BCUT2D eigenvalue weighted by Crippen LogP contribution is -2.31. The first kappa shape index (κ1) is 20.2. The number of methoxy groups -OCH3 is 1. The van der Waals surface area contributed by atoms with Gasteiger partial charge in [0.2, 0.25) is 0 Å². The molecule has 5 nitrogen and oxygen atoms in total. The minimum atomic E-state index is -0.313. The van der Waals surface area contributed by atoms with Crippen LogP contribution in [0, 0.1) is 6.92 Å². The molecule has 0 aliphatic heterocycles. The van der Waals surface area contributed by atoms with Crippen molar-refractivity contribution in [1.82, 2.24) is 10.6 Å². The average molecular weight is 358 g/mol. The summed E-state index contributed by atoms with van der Waals surface area (Å²) in [6.45, 7) is 7.39. The van der Waals surface area contributed by atoms with Gasteiger partial charge in [-0.15, -0.1) is 0 Å². The molecular weight excluding hydrogens is 328 g/mol. The Hall–Kier alpha value is -2.08. The van der Waals surface area contributed by atoms with Gasteiger partial charge in [-0.2, -0.15) is 0 Å². The van der Waals surface area contributed by atoms with Crippen LogP contribution in [0.25, 0.3) is 0 Å². The van der Waals surface area contributed by atoms with Gasteiger partial charge in [-0.1, -0.05) is 35.9 Å². The van der Waals surface area contributed by atoms with E-state index in [1.165, 1.54) is 5.56 Å². The molecule has 0 saturated heterocycles. The van der Waals surface area contributed by atoms with E-state index >= 15 is 0 Å². The number of ether oxygens (including phenoxy) is 2. The summed E-state index contributed by atoms with van der Waals surface area (Å²) in [6, 6.07) is 14.3. The number of aliphatic hydroxyl groups is 1. The Morgan fingerprint density at radius 3 is 2.54 bits per heavy atom. The molecule has 26 heavy (non-hydrogen) atoms. The predicted molar refractivity (Wildman–Crippen MR) is 105 cm³/mol. The van der Waals surface area contributed by atoms with Crippen LogP contribution in [0.15, 0.2) is 42.5 Å². The summed E-state index contributed by atoms with van der Waals surface area (Å²) in [5, 5.41) is 15.7. The van der Waals surface area contributed by atoms with Crippen molar-refractivity contribution in [3.05, 3.63) is 59.2 Å². The van der Waals surface area contributed by atoms with E-state index in [-0.39, 0.29) is 6.10 Å². The molecule has 5 heteroatoms. The summed E-state index contributed by atoms with van der Waals surface area (Å²) >= 11 is 0. The van der Waals surface area contributed by atoms with E-state index in [9.17, 15) is 5.11 Å². The first-order valence-electron chi connectivity index (χ1n) is 9.03. The fraction of sp³-hybridized carbons (Fsp3) is 0.429. The molecule has 2 aromatic rings. The zero-order valence-electron chi connectivity index (χ0n) is 15.9. The van der Waals surface area contributed by atoms with E-state index in [0.717, 1.165) is 42.3 Å². The molecule has 0 fully saturated rings. The molecule has 1 atom stereocenters. The lowest BCUT2D eigenvalue weighted by molar-refractivity contribution is 0.191. The van der Waals surface area contributed by atoms with Crippen molar-refractivity contribution in [3.8, 4) is 11.5 Å². The van der Waals surface area contributed by atoms with Crippen LogP contribution >= 0.6 is 0 Å². The smallest absolute Gasteiger partial charge is 0.161 e. The van der Waals surface area contributed by atoms with Crippen LogP contribution < -0.4 is 20.1 Å². The summed E-state index contributed by atoms with van der Waals surface area (Å²) in [5.41, 5.74) is 3.50. The number of nitrogens with one attached hydrogen (secondary N) is 2. The van der Waals surface area contributed by atoms with Crippen molar-refractivity contribution in [2.24, 2.45) is 0 Å². The first-order valence-corrected chi connectivity index (χ1v) is 9.03. The molecule has 0 spiro atoms. The molecule has 0 heterocycles. The van der Waals surface area contributed by atoms with E-state index in [1.807, 2.05) is 24.3 Å². The van der Waals surface area contributed by atoms with Crippen LogP contribution in [0.2, 0.25) is 0 Å². The molecule has 0 aliphatic carbocycles. The third-order valence-electron chi connectivity index (χ3n) is 3.95. The normalized spacial score (nSPS) is 12.0. The van der Waals surface area contributed by atoms with Crippen molar-refractivity contribution in [3.63, 3.8) is 0 Å². The summed E-state index contributed by atoms with van der Waals surface area (Å²) in [4.78, 5) is 0. The highest BCUT2D eigenvalue weighted by molar-refractivity contribution is 5.43. The number of aryl methyl sites for hydroxylation is 1. The van der Waals surface area contributed by atoms with E-state index in [0.29, 0.717) is 13.2 Å². The third kappa shape index (κ3) is 7.04. The SMILES string of the molecule is COc1cc(CNCCNCC(C)O)ccc1OCc1cccc(C)c1. The molecule has 0 amide bonds. The maximum absolute atomic E-state index is 9.19. The largest absolute Gasteiger partial charge is 0.493 e. The quantitative estimate of drug-likeness (QED) is 0.539. The Balaban J connectivity index is 1.82. The van der Waals surface area contributed by atoms with Gasteiger partial charge in [-0.05, 0) is 37.1 Å². The highest BCUT2D eigenvalue weighted by Crippen LogP contribution is 2.28. The lowest BCUT2D eigenvalue weighted by atomic mass is 10.1. The van der Waals surface area contributed by atoms with Gasteiger partial charge in [0.25, 0.3) is 0 Å². The number of benzene rings is 2. The highest BCUT2D eigenvalue weighted by Gasteiger charge is 2.06. The Kier molecular flexibility index (Phi) is 8.41. The van der Waals surface area contributed by atoms with E-state index < -0.39 is 0 Å². The van der Waals surface area contributed by atoms with Gasteiger partial charge in [0.1, 0.15) is 6.61 Å². The third-order valence-corrected chi connectivity index (χ3v) is 3.95. The second-order valence-electron chi connectivity index (χ2n) is 6.49. The topological polar surface area (TPSA) is 62.8 Å². The summed E-state index contributed by atoms with van der Waals surface area (Å²) in [7, 11) is 1.66. The zero-order valence-corrected chi connectivity index (χ0v) is 15.9. The van der Waals surface area contributed by atoms with Crippen LogP contribution in [0.4, 0.5) is 0 Å². The summed E-state index contributed by atoms with van der Waals surface area (Å²) < 4.78 is 11.4.